The average Bonchev–Trinajstić information content (AvgIpc) is 2.46. The van der Waals surface area contributed by atoms with Gasteiger partial charge in [0.15, 0.2) is 0 Å². The minimum Gasteiger partial charge on any atom is -0.299 e. The summed E-state index contributed by atoms with van der Waals surface area (Å²) in [4.78, 5) is 2.33. The average molecular weight is 179 g/mol. The first-order chi connectivity index (χ1) is 6.16. The van der Waals surface area contributed by atoms with E-state index >= 15 is 0 Å². The SMILES string of the molecule is CC(C)c1cc2n(n1)CCN(C)C2. The molecule has 1 aromatic heterocycles. The lowest BCUT2D eigenvalue weighted by Crippen LogP contribution is -2.30. The smallest absolute Gasteiger partial charge is 0.0653 e. The van der Waals surface area contributed by atoms with E-state index in [9.17, 15) is 0 Å². The van der Waals surface area contributed by atoms with Gasteiger partial charge in [0.2, 0.25) is 0 Å². The maximum Gasteiger partial charge on any atom is 0.0653 e. The van der Waals surface area contributed by atoms with E-state index in [1.54, 1.807) is 0 Å². The fourth-order valence-electron chi connectivity index (χ4n) is 1.70. The molecule has 72 valence electrons. The van der Waals surface area contributed by atoms with Gasteiger partial charge in [-0.05, 0) is 19.0 Å². The monoisotopic (exact) mass is 179 g/mol. The Morgan fingerprint density at radius 1 is 1.38 bits per heavy atom. The van der Waals surface area contributed by atoms with E-state index in [2.05, 4.69) is 41.6 Å². The van der Waals surface area contributed by atoms with Gasteiger partial charge in [0.05, 0.1) is 17.9 Å². The Labute approximate surface area is 79.3 Å². The van der Waals surface area contributed by atoms with Crippen LogP contribution >= 0.6 is 0 Å². The number of fused-ring (bicyclic) bond motifs is 1. The van der Waals surface area contributed by atoms with Crippen molar-refractivity contribution in [1.82, 2.24) is 14.7 Å². The Balaban J connectivity index is 2.28. The first-order valence-corrected chi connectivity index (χ1v) is 4.92. The standard InChI is InChI=1S/C10H17N3/c1-8(2)10-6-9-7-12(3)4-5-13(9)11-10/h6,8H,4-5,7H2,1-3H3. The summed E-state index contributed by atoms with van der Waals surface area (Å²) in [5, 5.41) is 4.57. The Morgan fingerprint density at radius 2 is 2.15 bits per heavy atom. The van der Waals surface area contributed by atoms with E-state index in [0.717, 1.165) is 19.6 Å². The van der Waals surface area contributed by atoms with Crippen molar-refractivity contribution in [3.05, 3.63) is 17.5 Å². The van der Waals surface area contributed by atoms with E-state index in [4.69, 9.17) is 0 Å². The normalized spacial score (nSPS) is 17.8. The highest BCUT2D eigenvalue weighted by atomic mass is 15.3. The summed E-state index contributed by atoms with van der Waals surface area (Å²) in [7, 11) is 2.16. The van der Waals surface area contributed by atoms with Crippen molar-refractivity contribution in [2.45, 2.75) is 32.9 Å². The van der Waals surface area contributed by atoms with Crippen molar-refractivity contribution in [1.29, 1.82) is 0 Å². The van der Waals surface area contributed by atoms with Gasteiger partial charge in [0.25, 0.3) is 0 Å². The molecule has 0 bridgehead atoms. The first kappa shape index (κ1) is 8.75. The van der Waals surface area contributed by atoms with E-state index in [-0.39, 0.29) is 0 Å². The molecule has 0 unspecified atom stereocenters. The van der Waals surface area contributed by atoms with Gasteiger partial charge in [-0.2, -0.15) is 5.10 Å². The van der Waals surface area contributed by atoms with Crippen molar-refractivity contribution in [3.8, 4) is 0 Å². The molecule has 3 heteroatoms. The molecular weight excluding hydrogens is 162 g/mol. The molecule has 0 radical (unpaired) electrons. The summed E-state index contributed by atoms with van der Waals surface area (Å²) in [5.74, 6) is 0.545. The van der Waals surface area contributed by atoms with Gasteiger partial charge >= 0.3 is 0 Å². The second-order valence-electron chi connectivity index (χ2n) is 4.18. The summed E-state index contributed by atoms with van der Waals surface area (Å²) in [5.41, 5.74) is 2.59. The molecule has 0 spiro atoms. The van der Waals surface area contributed by atoms with Gasteiger partial charge in [0, 0.05) is 13.1 Å². The second-order valence-corrected chi connectivity index (χ2v) is 4.18. The summed E-state index contributed by atoms with van der Waals surface area (Å²) in [6, 6.07) is 2.24. The third kappa shape index (κ3) is 1.61. The number of rotatable bonds is 1. The predicted octanol–water partition coefficient (Wildman–Crippen LogP) is 1.45. The third-order valence-electron chi connectivity index (χ3n) is 2.60. The Morgan fingerprint density at radius 3 is 2.85 bits per heavy atom. The number of hydrogen-bond acceptors (Lipinski definition) is 2. The maximum absolute atomic E-state index is 4.57. The fraction of sp³-hybridized carbons (Fsp3) is 0.700. The molecule has 0 saturated heterocycles. The molecule has 2 heterocycles. The van der Waals surface area contributed by atoms with Crippen LogP contribution in [0, 0.1) is 0 Å². The lowest BCUT2D eigenvalue weighted by atomic mass is 10.1. The Kier molecular flexibility index (Phi) is 2.12. The molecule has 3 nitrogen and oxygen atoms in total. The highest BCUT2D eigenvalue weighted by molar-refractivity contribution is 5.14. The lowest BCUT2D eigenvalue weighted by molar-refractivity contribution is 0.258. The predicted molar refractivity (Wildman–Crippen MR) is 52.7 cm³/mol. The van der Waals surface area contributed by atoms with E-state index in [1.165, 1.54) is 11.4 Å². The molecule has 0 aromatic carbocycles. The van der Waals surface area contributed by atoms with Crippen LogP contribution in [0.4, 0.5) is 0 Å². The van der Waals surface area contributed by atoms with E-state index < -0.39 is 0 Å². The summed E-state index contributed by atoms with van der Waals surface area (Å²) in [6.07, 6.45) is 0. The molecule has 0 aliphatic carbocycles. The zero-order valence-electron chi connectivity index (χ0n) is 8.62. The molecule has 0 N–H and O–H groups in total. The highest BCUT2D eigenvalue weighted by Gasteiger charge is 2.16. The molecule has 0 saturated carbocycles. The Hall–Kier alpha value is -0.830. The zero-order chi connectivity index (χ0) is 9.42. The molecule has 0 amide bonds. The van der Waals surface area contributed by atoms with Crippen LogP contribution in [-0.4, -0.2) is 28.3 Å². The van der Waals surface area contributed by atoms with Gasteiger partial charge in [-0.25, -0.2) is 0 Å². The number of nitrogens with zero attached hydrogens (tertiary/aromatic N) is 3. The van der Waals surface area contributed by atoms with Crippen LogP contribution in [0.15, 0.2) is 6.07 Å². The van der Waals surface area contributed by atoms with E-state index in [0.29, 0.717) is 5.92 Å². The minimum atomic E-state index is 0.545. The van der Waals surface area contributed by atoms with Crippen LogP contribution in [0.25, 0.3) is 0 Å². The second kappa shape index (κ2) is 3.14. The Bertz CT molecular complexity index is 301. The zero-order valence-corrected chi connectivity index (χ0v) is 8.62. The quantitative estimate of drug-likeness (QED) is 0.650. The van der Waals surface area contributed by atoms with Gasteiger partial charge in [0.1, 0.15) is 0 Å². The van der Waals surface area contributed by atoms with Crippen molar-refractivity contribution in [3.63, 3.8) is 0 Å². The van der Waals surface area contributed by atoms with Crippen LogP contribution in [-0.2, 0) is 13.1 Å². The molecule has 0 fully saturated rings. The van der Waals surface area contributed by atoms with Crippen molar-refractivity contribution < 1.29 is 0 Å². The summed E-state index contributed by atoms with van der Waals surface area (Å²) >= 11 is 0. The first-order valence-electron chi connectivity index (χ1n) is 4.92. The van der Waals surface area contributed by atoms with Crippen LogP contribution in [0.3, 0.4) is 0 Å². The van der Waals surface area contributed by atoms with Gasteiger partial charge in [-0.15, -0.1) is 0 Å². The third-order valence-corrected chi connectivity index (χ3v) is 2.60. The number of hydrogen-bond donors (Lipinski definition) is 0. The lowest BCUT2D eigenvalue weighted by Gasteiger charge is -2.22. The van der Waals surface area contributed by atoms with Crippen molar-refractivity contribution in [2.75, 3.05) is 13.6 Å². The molecular formula is C10H17N3. The molecule has 1 aliphatic rings. The highest BCUT2D eigenvalue weighted by Crippen LogP contribution is 2.17. The topological polar surface area (TPSA) is 21.1 Å². The van der Waals surface area contributed by atoms with Crippen molar-refractivity contribution >= 4 is 0 Å². The van der Waals surface area contributed by atoms with Gasteiger partial charge in [-0.3, -0.25) is 9.58 Å². The van der Waals surface area contributed by atoms with Crippen LogP contribution in [0.5, 0.6) is 0 Å². The van der Waals surface area contributed by atoms with Crippen LogP contribution < -0.4 is 0 Å². The van der Waals surface area contributed by atoms with Crippen LogP contribution in [0.1, 0.15) is 31.2 Å². The van der Waals surface area contributed by atoms with Crippen molar-refractivity contribution in [2.24, 2.45) is 0 Å². The molecule has 1 aromatic rings. The van der Waals surface area contributed by atoms with Gasteiger partial charge < -0.3 is 0 Å². The van der Waals surface area contributed by atoms with Gasteiger partial charge in [-0.1, -0.05) is 13.8 Å². The van der Waals surface area contributed by atoms with Crippen LogP contribution in [0.2, 0.25) is 0 Å². The number of likely N-dealkylation sites (N-methyl/N-ethyl adjacent to an activating group) is 1. The summed E-state index contributed by atoms with van der Waals surface area (Å²) in [6.45, 7) is 7.58. The molecule has 13 heavy (non-hydrogen) atoms. The number of aromatic nitrogens is 2. The molecule has 0 atom stereocenters. The largest absolute Gasteiger partial charge is 0.299 e. The molecule has 1 aliphatic heterocycles. The maximum atomic E-state index is 4.57. The fourth-order valence-corrected chi connectivity index (χ4v) is 1.70. The van der Waals surface area contributed by atoms with E-state index in [1.807, 2.05) is 0 Å². The minimum absolute atomic E-state index is 0.545. The summed E-state index contributed by atoms with van der Waals surface area (Å²) < 4.78 is 2.15. The molecule has 2 rings (SSSR count).